The molecule has 1 aliphatic rings. The lowest BCUT2D eigenvalue weighted by Gasteiger charge is -2.29. The molecule has 0 aliphatic heterocycles. The maximum Gasteiger partial charge on any atom is 0.303 e. The van der Waals surface area contributed by atoms with Crippen LogP contribution < -0.4 is 10.5 Å². The number of carbonyl (C=O) groups is 1. The van der Waals surface area contributed by atoms with E-state index in [4.69, 9.17) is 15.6 Å². The van der Waals surface area contributed by atoms with Crippen LogP contribution in [-0.2, 0) is 4.79 Å². The largest absolute Gasteiger partial charge is 0.481 e. The first-order valence-electron chi connectivity index (χ1n) is 11.2. The lowest BCUT2D eigenvalue weighted by molar-refractivity contribution is -0.138. The summed E-state index contributed by atoms with van der Waals surface area (Å²) in [5.41, 5.74) is 9.12. The van der Waals surface area contributed by atoms with Gasteiger partial charge < -0.3 is 20.1 Å². The van der Waals surface area contributed by atoms with Gasteiger partial charge in [0.05, 0.1) is 5.39 Å². The molecule has 0 saturated heterocycles. The van der Waals surface area contributed by atoms with Crippen LogP contribution in [0.25, 0.3) is 22.2 Å². The van der Waals surface area contributed by atoms with Crippen molar-refractivity contribution in [2.24, 2.45) is 5.92 Å². The van der Waals surface area contributed by atoms with Gasteiger partial charge in [0.2, 0.25) is 0 Å². The highest BCUT2D eigenvalue weighted by atomic mass is 16.5. The van der Waals surface area contributed by atoms with Gasteiger partial charge >= 0.3 is 5.97 Å². The minimum atomic E-state index is -0.715. The highest BCUT2D eigenvalue weighted by molar-refractivity contribution is 6.00. The number of nitrogens with zero attached hydrogens (tertiary/aromatic N) is 3. The molecule has 0 spiro atoms. The molecular weight excluding hydrogens is 416 g/mol. The number of ether oxygens (including phenoxy) is 1. The zero-order valence-corrected chi connectivity index (χ0v) is 18.2. The highest BCUT2D eigenvalue weighted by Gasteiger charge is 2.26. The number of hydrogen-bond donors (Lipinski definition) is 2. The molecule has 7 heteroatoms. The van der Waals surface area contributed by atoms with Crippen molar-refractivity contribution < 1.29 is 14.6 Å². The highest BCUT2D eigenvalue weighted by Crippen LogP contribution is 2.40. The third kappa shape index (κ3) is 4.39. The molecule has 0 amide bonds. The number of nitrogens with two attached hydrogens (primary N) is 1. The average Bonchev–Trinajstić information content (AvgIpc) is 3.21. The number of hydrogen-bond acceptors (Lipinski definition) is 5. The molecule has 168 valence electrons. The molecule has 2 heterocycles. The molecule has 0 unspecified atom stereocenters. The SMILES string of the molecule is Nc1ncnc2c1c(-c1ccc(Oc3ccccc3)cc1)cn2C1CCC(CC(=O)O)CC1. The molecule has 1 saturated carbocycles. The number of aromatic nitrogens is 3. The minimum Gasteiger partial charge on any atom is -0.481 e. The van der Waals surface area contributed by atoms with Gasteiger partial charge in [0.25, 0.3) is 0 Å². The topological polar surface area (TPSA) is 103 Å². The fourth-order valence-corrected chi connectivity index (χ4v) is 4.81. The Hall–Kier alpha value is -3.87. The summed E-state index contributed by atoms with van der Waals surface area (Å²) in [5, 5.41) is 9.96. The summed E-state index contributed by atoms with van der Waals surface area (Å²) < 4.78 is 8.12. The van der Waals surface area contributed by atoms with Crippen molar-refractivity contribution in [2.75, 3.05) is 5.73 Å². The fraction of sp³-hybridized carbons (Fsp3) is 0.269. The molecule has 7 nitrogen and oxygen atoms in total. The number of carboxylic acid groups (broad SMARTS) is 1. The van der Waals surface area contributed by atoms with E-state index in [1.807, 2.05) is 54.6 Å². The van der Waals surface area contributed by atoms with Crippen molar-refractivity contribution in [3.05, 3.63) is 67.1 Å². The van der Waals surface area contributed by atoms with Crippen molar-refractivity contribution in [3.8, 4) is 22.6 Å². The van der Waals surface area contributed by atoms with E-state index in [9.17, 15) is 4.79 Å². The summed E-state index contributed by atoms with van der Waals surface area (Å²) in [6, 6.07) is 17.9. The number of anilines is 1. The quantitative estimate of drug-likeness (QED) is 0.398. The summed E-state index contributed by atoms with van der Waals surface area (Å²) in [7, 11) is 0. The summed E-state index contributed by atoms with van der Waals surface area (Å²) in [4.78, 5) is 19.9. The van der Waals surface area contributed by atoms with Crippen LogP contribution in [0.4, 0.5) is 5.82 Å². The second-order valence-corrected chi connectivity index (χ2v) is 8.62. The van der Waals surface area contributed by atoms with E-state index in [0.29, 0.717) is 5.82 Å². The molecule has 1 fully saturated rings. The summed E-state index contributed by atoms with van der Waals surface area (Å²) in [5.74, 6) is 1.54. The summed E-state index contributed by atoms with van der Waals surface area (Å²) in [6.45, 7) is 0. The smallest absolute Gasteiger partial charge is 0.303 e. The Morgan fingerprint density at radius 2 is 1.70 bits per heavy atom. The van der Waals surface area contributed by atoms with E-state index in [1.54, 1.807) is 0 Å². The summed E-state index contributed by atoms with van der Waals surface area (Å²) >= 11 is 0. The van der Waals surface area contributed by atoms with E-state index >= 15 is 0 Å². The normalized spacial score (nSPS) is 18.3. The zero-order valence-electron chi connectivity index (χ0n) is 18.2. The lowest BCUT2D eigenvalue weighted by atomic mass is 9.84. The van der Waals surface area contributed by atoms with Gasteiger partial charge in [-0.05, 0) is 61.4 Å². The summed E-state index contributed by atoms with van der Waals surface area (Å²) in [6.07, 6.45) is 7.52. The predicted molar refractivity (Wildman–Crippen MR) is 127 cm³/mol. The number of aliphatic carboxylic acids is 1. The van der Waals surface area contributed by atoms with E-state index in [1.165, 1.54) is 6.33 Å². The van der Waals surface area contributed by atoms with E-state index < -0.39 is 5.97 Å². The van der Waals surface area contributed by atoms with Crippen LogP contribution in [0.2, 0.25) is 0 Å². The zero-order chi connectivity index (χ0) is 22.8. The molecule has 33 heavy (non-hydrogen) atoms. The standard InChI is InChI=1S/C26H26N4O3/c27-25-24-22(18-8-12-21(13-9-18)33-20-4-2-1-3-5-20)15-30(26(24)29-16-28-25)19-10-6-17(7-11-19)14-23(31)32/h1-5,8-9,12-13,15-17,19H,6-7,10-11,14H2,(H,31,32)(H2,27,28,29). The number of rotatable bonds is 6. The van der Waals surface area contributed by atoms with Gasteiger partial charge in [-0.25, -0.2) is 9.97 Å². The Bertz CT molecular complexity index is 1260. The van der Waals surface area contributed by atoms with Gasteiger partial charge in [-0.15, -0.1) is 0 Å². The number of nitrogen functional groups attached to an aromatic ring is 1. The van der Waals surface area contributed by atoms with Gasteiger partial charge in [0, 0.05) is 24.2 Å². The number of carboxylic acids is 1. The van der Waals surface area contributed by atoms with Gasteiger partial charge in [-0.2, -0.15) is 0 Å². The predicted octanol–water partition coefficient (Wildman–Crippen LogP) is 5.68. The Labute approximate surface area is 191 Å². The molecule has 0 bridgehead atoms. The Morgan fingerprint density at radius 3 is 2.39 bits per heavy atom. The Balaban J connectivity index is 1.44. The molecule has 2 aromatic heterocycles. The number of fused-ring (bicyclic) bond motifs is 1. The third-order valence-corrected chi connectivity index (χ3v) is 6.46. The van der Waals surface area contributed by atoms with Crippen molar-refractivity contribution in [3.63, 3.8) is 0 Å². The lowest BCUT2D eigenvalue weighted by Crippen LogP contribution is -2.19. The molecule has 1 aliphatic carbocycles. The van der Waals surface area contributed by atoms with Crippen molar-refractivity contribution in [1.82, 2.24) is 14.5 Å². The molecular formula is C26H26N4O3. The van der Waals surface area contributed by atoms with E-state index in [-0.39, 0.29) is 18.4 Å². The molecule has 3 N–H and O–H groups in total. The first-order chi connectivity index (χ1) is 16.1. The second kappa shape index (κ2) is 8.94. The van der Waals surface area contributed by atoms with Crippen LogP contribution in [0, 0.1) is 5.92 Å². The van der Waals surface area contributed by atoms with Crippen LogP contribution in [-0.4, -0.2) is 25.6 Å². The molecule has 5 rings (SSSR count). The minimum absolute atomic E-state index is 0.247. The van der Waals surface area contributed by atoms with Gasteiger partial charge in [-0.1, -0.05) is 30.3 Å². The maximum absolute atomic E-state index is 11.1. The monoisotopic (exact) mass is 442 g/mol. The number of para-hydroxylation sites is 1. The Kier molecular flexibility index (Phi) is 5.69. The van der Waals surface area contributed by atoms with Crippen LogP contribution in [0.1, 0.15) is 38.1 Å². The maximum atomic E-state index is 11.1. The molecule has 4 aromatic rings. The van der Waals surface area contributed by atoms with Gasteiger partial charge in [-0.3, -0.25) is 4.79 Å². The van der Waals surface area contributed by atoms with Gasteiger partial charge in [0.15, 0.2) is 0 Å². The van der Waals surface area contributed by atoms with Crippen LogP contribution >= 0.6 is 0 Å². The van der Waals surface area contributed by atoms with Crippen LogP contribution in [0.15, 0.2) is 67.1 Å². The average molecular weight is 443 g/mol. The first kappa shape index (κ1) is 21.0. The molecule has 0 atom stereocenters. The van der Waals surface area contributed by atoms with Crippen LogP contribution in [0.3, 0.4) is 0 Å². The number of benzene rings is 2. The van der Waals surface area contributed by atoms with Crippen molar-refractivity contribution in [2.45, 2.75) is 38.1 Å². The third-order valence-electron chi connectivity index (χ3n) is 6.46. The Morgan fingerprint density at radius 1 is 1.00 bits per heavy atom. The second-order valence-electron chi connectivity index (χ2n) is 8.62. The molecule has 2 aromatic carbocycles. The molecule has 0 radical (unpaired) electrons. The van der Waals surface area contributed by atoms with E-state index in [2.05, 4.69) is 20.7 Å². The van der Waals surface area contributed by atoms with Crippen molar-refractivity contribution in [1.29, 1.82) is 0 Å². The first-order valence-corrected chi connectivity index (χ1v) is 11.2. The van der Waals surface area contributed by atoms with E-state index in [0.717, 1.165) is 59.3 Å². The van der Waals surface area contributed by atoms with Crippen molar-refractivity contribution >= 4 is 22.8 Å². The van der Waals surface area contributed by atoms with Crippen LogP contribution in [0.5, 0.6) is 11.5 Å². The fourth-order valence-electron chi connectivity index (χ4n) is 4.81. The van der Waals surface area contributed by atoms with Gasteiger partial charge in [0.1, 0.15) is 29.3 Å².